The first-order valence-electron chi connectivity index (χ1n) is 11.6. The van der Waals surface area contributed by atoms with Gasteiger partial charge >= 0.3 is 0 Å². The van der Waals surface area contributed by atoms with Crippen LogP contribution in [0, 0.1) is 11.8 Å². The Labute approximate surface area is 215 Å². The van der Waals surface area contributed by atoms with E-state index in [9.17, 15) is 39.9 Å². The molecule has 10 nitrogen and oxygen atoms in total. The second-order valence-electron chi connectivity index (χ2n) is 9.95. The Hall–Kier alpha value is -3.51. The number of hydrogen-bond donors (Lipinski definition) is 6. The number of phenols is 1. The van der Waals surface area contributed by atoms with Crippen LogP contribution in [0.4, 0.5) is 0 Å². The zero-order valence-corrected chi connectivity index (χ0v) is 21.0. The van der Waals surface area contributed by atoms with E-state index < -0.39 is 75.6 Å². The quantitative estimate of drug-likeness (QED) is 0.322. The molecular weight excluding hydrogens is 500 g/mol. The van der Waals surface area contributed by atoms with Crippen LogP contribution in [0.15, 0.2) is 52.3 Å². The minimum absolute atomic E-state index is 0.105. The Balaban J connectivity index is 1.79. The van der Waals surface area contributed by atoms with Crippen molar-refractivity contribution in [2.45, 2.75) is 30.6 Å². The summed E-state index contributed by atoms with van der Waals surface area (Å²) in [7, 11) is 2.99. The maximum Gasteiger partial charge on any atom is 0.255 e. The van der Waals surface area contributed by atoms with Crippen molar-refractivity contribution in [1.29, 1.82) is 0 Å². The van der Waals surface area contributed by atoms with Crippen molar-refractivity contribution in [2.75, 3.05) is 14.1 Å². The van der Waals surface area contributed by atoms with Gasteiger partial charge in [-0.3, -0.25) is 19.3 Å². The van der Waals surface area contributed by atoms with Crippen LogP contribution in [0.5, 0.6) is 5.75 Å². The van der Waals surface area contributed by atoms with Gasteiger partial charge in [0, 0.05) is 21.9 Å². The lowest BCUT2D eigenvalue weighted by Gasteiger charge is -2.53. The lowest BCUT2D eigenvalue weighted by Crippen LogP contribution is -2.68. The van der Waals surface area contributed by atoms with Gasteiger partial charge in [0.2, 0.25) is 5.78 Å². The number of primary amides is 1. The van der Waals surface area contributed by atoms with Crippen molar-refractivity contribution in [3.63, 3.8) is 0 Å². The van der Waals surface area contributed by atoms with E-state index in [0.29, 0.717) is 16.0 Å². The SMILES string of the molecule is CC1c2ccc(-c3cccs3)c(O)c2C(=O)C2=C(O)C3(O)C(=O)C(C(N)=O)=C(O)C(N(C)C)C3C(O)C21. The fourth-order valence-electron chi connectivity index (χ4n) is 6.25. The molecule has 0 saturated carbocycles. The summed E-state index contributed by atoms with van der Waals surface area (Å²) in [5, 5.41) is 58.5. The van der Waals surface area contributed by atoms with E-state index in [1.807, 2.05) is 5.38 Å². The lowest BCUT2D eigenvalue weighted by molar-refractivity contribution is -0.162. The average Bonchev–Trinajstić information content (AvgIpc) is 3.35. The van der Waals surface area contributed by atoms with Crippen LogP contribution in [0.1, 0.15) is 28.8 Å². The number of aliphatic hydroxyl groups excluding tert-OH is 3. The second kappa shape index (κ2) is 8.25. The van der Waals surface area contributed by atoms with E-state index in [1.54, 1.807) is 31.2 Å². The van der Waals surface area contributed by atoms with Crippen LogP contribution < -0.4 is 5.73 Å². The Morgan fingerprint density at radius 2 is 1.81 bits per heavy atom. The maximum absolute atomic E-state index is 13.8. The molecule has 1 aromatic carbocycles. The third kappa shape index (κ3) is 3.11. The summed E-state index contributed by atoms with van der Waals surface area (Å²) in [5.41, 5.74) is 1.77. The van der Waals surface area contributed by atoms with E-state index in [0.717, 1.165) is 0 Å². The van der Waals surface area contributed by atoms with Crippen molar-refractivity contribution in [3.05, 3.63) is 63.4 Å². The third-order valence-electron chi connectivity index (χ3n) is 7.92. The van der Waals surface area contributed by atoms with Crippen LogP contribution in [0.3, 0.4) is 0 Å². The van der Waals surface area contributed by atoms with Crippen molar-refractivity contribution >= 4 is 28.8 Å². The molecule has 3 aliphatic carbocycles. The fraction of sp³-hybridized carbons (Fsp3) is 0.346. The zero-order valence-electron chi connectivity index (χ0n) is 20.2. The highest BCUT2D eigenvalue weighted by molar-refractivity contribution is 7.13. The van der Waals surface area contributed by atoms with Crippen LogP contribution in [-0.2, 0) is 9.59 Å². The van der Waals surface area contributed by atoms with Gasteiger partial charge in [-0.2, -0.15) is 0 Å². The smallest absolute Gasteiger partial charge is 0.255 e. The molecule has 194 valence electrons. The molecular formula is C26H26N2O8S. The number of benzene rings is 1. The molecule has 0 saturated heterocycles. The van der Waals surface area contributed by atoms with Gasteiger partial charge in [0.25, 0.3) is 5.91 Å². The molecule has 2 aromatic rings. The minimum atomic E-state index is -2.93. The molecule has 0 bridgehead atoms. The lowest BCUT2D eigenvalue weighted by atomic mass is 9.55. The number of aromatic hydroxyl groups is 1. The molecule has 37 heavy (non-hydrogen) atoms. The molecule has 6 unspecified atom stereocenters. The number of amides is 1. The highest BCUT2D eigenvalue weighted by atomic mass is 32.1. The third-order valence-corrected chi connectivity index (χ3v) is 8.82. The van der Waals surface area contributed by atoms with Crippen molar-refractivity contribution in [3.8, 4) is 16.2 Å². The van der Waals surface area contributed by atoms with Crippen LogP contribution >= 0.6 is 11.3 Å². The van der Waals surface area contributed by atoms with Gasteiger partial charge in [-0.05, 0) is 43.1 Å². The van der Waals surface area contributed by atoms with Gasteiger partial charge in [-0.25, -0.2) is 0 Å². The van der Waals surface area contributed by atoms with Gasteiger partial charge in [0.15, 0.2) is 11.4 Å². The predicted octanol–water partition coefficient (Wildman–Crippen LogP) is 1.38. The molecule has 1 heterocycles. The summed E-state index contributed by atoms with van der Waals surface area (Å²) in [6.07, 6.45) is -1.62. The van der Waals surface area contributed by atoms with E-state index in [2.05, 4.69) is 0 Å². The Kier molecular flexibility index (Phi) is 5.61. The summed E-state index contributed by atoms with van der Waals surface area (Å²) in [5.74, 6) is -8.96. The minimum Gasteiger partial charge on any atom is -0.510 e. The number of fused-ring (bicyclic) bond motifs is 3. The van der Waals surface area contributed by atoms with Crippen molar-refractivity contribution in [1.82, 2.24) is 4.90 Å². The predicted molar refractivity (Wildman–Crippen MR) is 133 cm³/mol. The molecule has 6 atom stereocenters. The fourth-order valence-corrected chi connectivity index (χ4v) is 7.01. The molecule has 7 N–H and O–H groups in total. The number of phenolic OH excluding ortho intramolecular Hbond substituents is 1. The monoisotopic (exact) mass is 526 g/mol. The molecule has 11 heteroatoms. The number of carbonyl (C=O) groups is 3. The molecule has 0 fully saturated rings. The van der Waals surface area contributed by atoms with Crippen LogP contribution in [-0.4, -0.2) is 79.7 Å². The molecule has 3 aliphatic rings. The first kappa shape index (κ1) is 25.2. The van der Waals surface area contributed by atoms with Crippen LogP contribution in [0.25, 0.3) is 10.4 Å². The summed E-state index contributed by atoms with van der Waals surface area (Å²) in [6.45, 7) is 1.70. The number of likely N-dealkylation sites (N-methyl/N-ethyl adjacent to an activating group) is 1. The number of ketones is 2. The van der Waals surface area contributed by atoms with Gasteiger partial charge in [0.05, 0.1) is 23.6 Å². The van der Waals surface area contributed by atoms with Gasteiger partial charge < -0.3 is 31.3 Å². The van der Waals surface area contributed by atoms with Gasteiger partial charge in [0.1, 0.15) is 22.8 Å². The van der Waals surface area contributed by atoms with Crippen molar-refractivity contribution in [2.24, 2.45) is 17.6 Å². The van der Waals surface area contributed by atoms with Crippen molar-refractivity contribution < 1.29 is 39.9 Å². The number of thiophene rings is 1. The Morgan fingerprint density at radius 1 is 1.14 bits per heavy atom. The second-order valence-corrected chi connectivity index (χ2v) is 10.9. The first-order chi connectivity index (χ1) is 17.3. The first-order valence-corrected chi connectivity index (χ1v) is 12.5. The highest BCUT2D eigenvalue weighted by Gasteiger charge is 2.67. The molecule has 0 aliphatic heterocycles. The molecule has 1 amide bonds. The summed E-state index contributed by atoms with van der Waals surface area (Å²) in [4.78, 5) is 41.4. The summed E-state index contributed by atoms with van der Waals surface area (Å²) < 4.78 is 0. The number of Topliss-reactive ketones (excluding diaryl/α,β-unsaturated/α-hetero) is 2. The summed E-state index contributed by atoms with van der Waals surface area (Å²) >= 11 is 1.35. The number of nitrogens with two attached hydrogens (primary N) is 1. The van der Waals surface area contributed by atoms with Gasteiger partial charge in [-0.15, -0.1) is 11.3 Å². The van der Waals surface area contributed by atoms with E-state index in [1.165, 1.54) is 30.3 Å². The number of aliphatic hydroxyl groups is 4. The standard InChI is InChI=1S/C26H26N2O8S/c1-9-10-6-7-11(12-5-4-8-37-12)19(29)14(10)20(30)15-13(9)21(31)17-18(28(2)3)22(32)16(25(27)35)24(34)26(17,36)23(15)33/h4-9,13,17-18,21,29,31-33,36H,1-3H3,(H2,27,35). The van der Waals surface area contributed by atoms with E-state index >= 15 is 0 Å². The van der Waals surface area contributed by atoms with E-state index in [-0.39, 0.29) is 11.3 Å². The number of carbonyl (C=O) groups excluding carboxylic acids is 3. The average molecular weight is 527 g/mol. The normalized spacial score (nSPS) is 31.4. The van der Waals surface area contributed by atoms with Gasteiger partial charge in [-0.1, -0.05) is 19.1 Å². The number of nitrogens with zero attached hydrogens (tertiary/aromatic N) is 1. The summed E-state index contributed by atoms with van der Waals surface area (Å²) in [6, 6.07) is 5.61. The number of hydrogen-bond acceptors (Lipinski definition) is 10. The molecule has 0 radical (unpaired) electrons. The molecule has 1 aromatic heterocycles. The Bertz CT molecular complexity index is 1430. The largest absolute Gasteiger partial charge is 0.510 e. The van der Waals surface area contributed by atoms with Crippen LogP contribution in [0.2, 0.25) is 0 Å². The zero-order chi connectivity index (χ0) is 27.1. The topological polar surface area (TPSA) is 182 Å². The Morgan fingerprint density at radius 3 is 2.38 bits per heavy atom. The number of rotatable bonds is 3. The molecule has 0 spiro atoms. The van der Waals surface area contributed by atoms with E-state index in [4.69, 9.17) is 5.73 Å². The molecule has 5 rings (SSSR count). The maximum atomic E-state index is 13.8. The highest BCUT2D eigenvalue weighted by Crippen LogP contribution is 2.56.